The molecule has 0 aliphatic carbocycles. The van der Waals surface area contributed by atoms with E-state index in [-0.39, 0.29) is 0 Å². The number of nitrogens with zero attached hydrogens (tertiary/aromatic N) is 1. The first-order valence-corrected chi connectivity index (χ1v) is 9.45. The van der Waals surface area contributed by atoms with Crippen molar-refractivity contribution in [3.05, 3.63) is 59.7 Å². The molecule has 23 heavy (non-hydrogen) atoms. The molecule has 0 radical (unpaired) electrons. The Labute approximate surface area is 148 Å². The van der Waals surface area contributed by atoms with Gasteiger partial charge in [-0.1, -0.05) is 63.6 Å². The van der Waals surface area contributed by atoms with Gasteiger partial charge in [-0.15, -0.1) is 0 Å². The predicted octanol–water partition coefficient (Wildman–Crippen LogP) is 7.28. The lowest BCUT2D eigenvalue weighted by molar-refractivity contribution is 0.833. The van der Waals surface area contributed by atoms with Gasteiger partial charge in [0.25, 0.3) is 0 Å². The highest BCUT2D eigenvalue weighted by Gasteiger charge is 2.14. The van der Waals surface area contributed by atoms with E-state index in [1.807, 2.05) is 27.7 Å². The van der Waals surface area contributed by atoms with Gasteiger partial charge in [-0.2, -0.15) is 0 Å². The average Bonchev–Trinajstić information content (AvgIpc) is 2.58. The molecule has 2 heteroatoms. The van der Waals surface area contributed by atoms with Crippen LogP contribution in [0.15, 0.2) is 53.4 Å². The highest BCUT2D eigenvalue weighted by Crippen LogP contribution is 2.33. The summed E-state index contributed by atoms with van der Waals surface area (Å²) in [6.45, 7) is 16.7. The Morgan fingerprint density at radius 3 is 1.78 bits per heavy atom. The summed E-state index contributed by atoms with van der Waals surface area (Å²) < 4.78 is 2.38. The van der Waals surface area contributed by atoms with Crippen molar-refractivity contribution in [3.8, 4) is 0 Å². The van der Waals surface area contributed by atoms with E-state index in [4.69, 9.17) is 0 Å². The molecular weight excluding hydrogens is 298 g/mol. The molecule has 0 heterocycles. The van der Waals surface area contributed by atoms with Crippen molar-refractivity contribution in [3.63, 3.8) is 0 Å². The first-order valence-electron chi connectivity index (χ1n) is 8.67. The van der Waals surface area contributed by atoms with Gasteiger partial charge in [0.15, 0.2) is 0 Å². The number of anilines is 1. The average molecular weight is 332 g/mol. The number of aryl methyl sites for hydroxylation is 2. The number of rotatable bonds is 4. The van der Waals surface area contributed by atoms with Gasteiger partial charge >= 0.3 is 0 Å². The lowest BCUT2D eigenvalue weighted by Crippen LogP contribution is -2.23. The second-order valence-electron chi connectivity index (χ2n) is 5.11. The smallest absolute Gasteiger partial charge is 0.0505 e. The number of hydrogen-bond acceptors (Lipinski definition) is 2. The van der Waals surface area contributed by atoms with Crippen LogP contribution in [-0.4, -0.2) is 6.04 Å². The summed E-state index contributed by atoms with van der Waals surface area (Å²) in [6.07, 6.45) is 0. The molecule has 128 valence electrons. The van der Waals surface area contributed by atoms with Crippen LogP contribution in [0, 0.1) is 13.8 Å². The minimum absolute atomic E-state index is 0.451. The normalized spacial score (nSPS) is 9.43. The van der Waals surface area contributed by atoms with Crippen molar-refractivity contribution in [1.82, 2.24) is 0 Å². The van der Waals surface area contributed by atoms with Gasteiger partial charge < -0.3 is 4.31 Å². The zero-order valence-electron chi connectivity index (χ0n) is 16.1. The maximum atomic E-state index is 2.38. The zero-order valence-corrected chi connectivity index (χ0v) is 16.9. The third kappa shape index (κ3) is 7.13. The van der Waals surface area contributed by atoms with E-state index in [1.54, 1.807) is 11.9 Å². The molecule has 0 fully saturated rings. The predicted molar refractivity (Wildman–Crippen MR) is 109 cm³/mol. The summed E-state index contributed by atoms with van der Waals surface area (Å²) >= 11 is 1.81. The van der Waals surface area contributed by atoms with Gasteiger partial charge in [0.1, 0.15) is 0 Å². The lowest BCUT2D eigenvalue weighted by atomic mass is 10.2. The molecule has 2 rings (SSSR count). The Hall–Kier alpha value is -1.41. The van der Waals surface area contributed by atoms with Gasteiger partial charge in [0.05, 0.1) is 5.69 Å². The standard InChI is InChI=1S/C17H21NS.2C2H6/c1-13(2)18(17-8-6-5-7-15(17)4)19-16-11-9-14(3)10-12-16;2*1-2/h5-13H,1-4H3;2*1-2H3. The van der Waals surface area contributed by atoms with E-state index in [1.165, 1.54) is 21.7 Å². The second kappa shape index (κ2) is 12.1. The zero-order chi connectivity index (χ0) is 17.8. The lowest BCUT2D eigenvalue weighted by Gasteiger charge is -2.28. The van der Waals surface area contributed by atoms with Crippen LogP contribution in [0.1, 0.15) is 52.7 Å². The van der Waals surface area contributed by atoms with Crippen LogP contribution in [0.4, 0.5) is 5.69 Å². The SMILES string of the molecule is CC.CC.Cc1ccc(SN(c2ccccc2C)C(C)C)cc1. The third-order valence-electron chi connectivity index (χ3n) is 3.05. The Kier molecular flexibility index (Phi) is 11.3. The molecule has 0 unspecified atom stereocenters. The molecule has 0 N–H and O–H groups in total. The van der Waals surface area contributed by atoms with Crippen LogP contribution in [-0.2, 0) is 0 Å². The van der Waals surface area contributed by atoms with Crippen molar-refractivity contribution in [2.45, 2.75) is 66.3 Å². The summed E-state index contributed by atoms with van der Waals surface area (Å²) in [5, 5.41) is 0. The van der Waals surface area contributed by atoms with Gasteiger partial charge in [-0.05, 0) is 63.4 Å². The third-order valence-corrected chi connectivity index (χ3v) is 4.34. The summed E-state index contributed by atoms with van der Waals surface area (Å²) in [5.41, 5.74) is 3.91. The van der Waals surface area contributed by atoms with Crippen LogP contribution in [0.25, 0.3) is 0 Å². The maximum Gasteiger partial charge on any atom is 0.0505 e. The fraction of sp³-hybridized carbons (Fsp3) is 0.429. The summed E-state index contributed by atoms with van der Waals surface area (Å²) in [4.78, 5) is 1.28. The van der Waals surface area contributed by atoms with Crippen LogP contribution in [0.2, 0.25) is 0 Å². The molecular formula is C21H33NS. The van der Waals surface area contributed by atoms with Crippen LogP contribution >= 0.6 is 11.9 Å². The van der Waals surface area contributed by atoms with E-state index in [0.29, 0.717) is 6.04 Å². The van der Waals surface area contributed by atoms with E-state index >= 15 is 0 Å². The molecule has 0 saturated carbocycles. The van der Waals surface area contributed by atoms with Crippen molar-refractivity contribution >= 4 is 17.6 Å². The molecule has 0 atom stereocenters. The Morgan fingerprint density at radius 2 is 1.30 bits per heavy atom. The first kappa shape index (κ1) is 21.6. The van der Waals surface area contributed by atoms with Crippen LogP contribution in [0.5, 0.6) is 0 Å². The van der Waals surface area contributed by atoms with Crippen LogP contribution < -0.4 is 4.31 Å². The van der Waals surface area contributed by atoms with Gasteiger partial charge in [0.2, 0.25) is 0 Å². The van der Waals surface area contributed by atoms with E-state index < -0.39 is 0 Å². The highest BCUT2D eigenvalue weighted by molar-refractivity contribution is 8.00. The molecule has 0 spiro atoms. The fourth-order valence-electron chi connectivity index (χ4n) is 1.96. The molecule has 0 aromatic heterocycles. The second-order valence-corrected chi connectivity index (χ2v) is 6.16. The monoisotopic (exact) mass is 331 g/mol. The van der Waals surface area contributed by atoms with Gasteiger partial charge in [0, 0.05) is 10.9 Å². The summed E-state index contributed by atoms with van der Waals surface area (Å²) in [5.74, 6) is 0. The number of benzene rings is 2. The maximum absolute atomic E-state index is 2.38. The minimum atomic E-state index is 0.451. The summed E-state index contributed by atoms with van der Waals surface area (Å²) in [6, 6.07) is 17.7. The van der Waals surface area contributed by atoms with Crippen LogP contribution in [0.3, 0.4) is 0 Å². The topological polar surface area (TPSA) is 3.24 Å². The Bertz CT molecular complexity index is 532. The molecule has 1 nitrogen and oxygen atoms in total. The first-order chi connectivity index (χ1) is 11.1. The Morgan fingerprint density at radius 1 is 0.783 bits per heavy atom. The molecule has 0 aliphatic heterocycles. The molecule has 0 bridgehead atoms. The van der Waals surface area contributed by atoms with Gasteiger partial charge in [-0.25, -0.2) is 0 Å². The molecule has 0 amide bonds. The molecule has 0 aliphatic rings. The number of hydrogen-bond donors (Lipinski definition) is 0. The molecule has 2 aromatic carbocycles. The molecule has 2 aromatic rings. The van der Waals surface area contributed by atoms with Crippen molar-refractivity contribution in [1.29, 1.82) is 0 Å². The van der Waals surface area contributed by atoms with Crippen molar-refractivity contribution in [2.24, 2.45) is 0 Å². The Balaban J connectivity index is 0.00000112. The minimum Gasteiger partial charge on any atom is -0.309 e. The van der Waals surface area contributed by atoms with Crippen molar-refractivity contribution < 1.29 is 0 Å². The number of para-hydroxylation sites is 1. The quantitative estimate of drug-likeness (QED) is 0.542. The fourth-order valence-corrected chi connectivity index (χ4v) is 2.96. The van der Waals surface area contributed by atoms with Crippen molar-refractivity contribution in [2.75, 3.05) is 4.31 Å². The highest BCUT2D eigenvalue weighted by atomic mass is 32.2. The van der Waals surface area contributed by atoms with Gasteiger partial charge in [-0.3, -0.25) is 0 Å². The van der Waals surface area contributed by atoms with E-state index in [2.05, 4.69) is 80.5 Å². The summed E-state index contributed by atoms with van der Waals surface area (Å²) in [7, 11) is 0. The largest absolute Gasteiger partial charge is 0.309 e. The molecule has 0 saturated heterocycles. The van der Waals surface area contributed by atoms with E-state index in [9.17, 15) is 0 Å². The van der Waals surface area contributed by atoms with E-state index in [0.717, 1.165) is 0 Å².